The van der Waals surface area contributed by atoms with Crippen LogP contribution < -0.4 is 9.47 Å². The maximum absolute atomic E-state index is 13.5. The SMILES string of the molecule is COCCCN(Cc1cc2cc3c(cc2nc1-c1cccs1)OCO3)C(=O)C1CCCCC1. The van der Waals surface area contributed by atoms with E-state index in [2.05, 4.69) is 17.5 Å². The van der Waals surface area contributed by atoms with Gasteiger partial charge in [0, 0.05) is 44.2 Å². The van der Waals surface area contributed by atoms with Crippen molar-refractivity contribution >= 4 is 28.1 Å². The highest BCUT2D eigenvalue weighted by atomic mass is 32.1. The van der Waals surface area contributed by atoms with Crippen LogP contribution in [0.3, 0.4) is 0 Å². The summed E-state index contributed by atoms with van der Waals surface area (Å²) in [5.74, 6) is 1.88. The zero-order valence-electron chi connectivity index (χ0n) is 19.0. The summed E-state index contributed by atoms with van der Waals surface area (Å²) < 4.78 is 16.4. The third-order valence-electron chi connectivity index (χ3n) is 6.55. The smallest absolute Gasteiger partial charge is 0.231 e. The number of hydrogen-bond acceptors (Lipinski definition) is 6. The molecule has 1 saturated carbocycles. The minimum atomic E-state index is 0.133. The minimum Gasteiger partial charge on any atom is -0.454 e. The van der Waals surface area contributed by atoms with E-state index in [-0.39, 0.29) is 18.6 Å². The van der Waals surface area contributed by atoms with Gasteiger partial charge < -0.3 is 19.1 Å². The predicted octanol–water partition coefficient (Wildman–Crippen LogP) is 5.64. The van der Waals surface area contributed by atoms with E-state index in [0.717, 1.165) is 70.6 Å². The number of methoxy groups -OCH3 is 1. The van der Waals surface area contributed by atoms with E-state index < -0.39 is 0 Å². The van der Waals surface area contributed by atoms with Crippen molar-refractivity contribution in [3.05, 3.63) is 41.3 Å². The van der Waals surface area contributed by atoms with Crippen LogP contribution >= 0.6 is 11.3 Å². The van der Waals surface area contributed by atoms with Gasteiger partial charge in [-0.05, 0) is 48.4 Å². The molecule has 5 rings (SSSR count). The van der Waals surface area contributed by atoms with E-state index in [1.807, 2.05) is 23.1 Å². The molecule has 33 heavy (non-hydrogen) atoms. The van der Waals surface area contributed by atoms with E-state index in [0.29, 0.717) is 19.7 Å². The van der Waals surface area contributed by atoms with Gasteiger partial charge in [-0.1, -0.05) is 25.3 Å². The average molecular weight is 467 g/mol. The van der Waals surface area contributed by atoms with Crippen LogP contribution in [-0.4, -0.2) is 42.8 Å². The van der Waals surface area contributed by atoms with E-state index in [9.17, 15) is 4.79 Å². The quantitative estimate of drug-likeness (QED) is 0.402. The van der Waals surface area contributed by atoms with E-state index in [1.54, 1.807) is 18.4 Å². The Hall–Kier alpha value is -2.64. The van der Waals surface area contributed by atoms with Crippen LogP contribution in [0.5, 0.6) is 11.5 Å². The summed E-state index contributed by atoms with van der Waals surface area (Å²) in [5, 5.41) is 3.06. The Morgan fingerprint density at radius 1 is 1.18 bits per heavy atom. The number of hydrogen-bond donors (Lipinski definition) is 0. The van der Waals surface area contributed by atoms with Crippen LogP contribution in [0.1, 0.15) is 44.1 Å². The van der Waals surface area contributed by atoms with E-state index in [1.165, 1.54) is 6.42 Å². The number of pyridine rings is 1. The Labute approximate surface area is 198 Å². The molecule has 1 aliphatic heterocycles. The lowest BCUT2D eigenvalue weighted by molar-refractivity contribution is -0.137. The van der Waals surface area contributed by atoms with Gasteiger partial charge in [0.2, 0.25) is 12.7 Å². The molecule has 6 nitrogen and oxygen atoms in total. The molecule has 0 saturated heterocycles. The molecule has 1 aliphatic carbocycles. The first-order valence-corrected chi connectivity index (χ1v) is 12.7. The zero-order valence-corrected chi connectivity index (χ0v) is 19.9. The van der Waals surface area contributed by atoms with Crippen molar-refractivity contribution in [2.24, 2.45) is 5.92 Å². The molecule has 174 valence electrons. The maximum Gasteiger partial charge on any atom is 0.231 e. The number of carbonyl (C=O) groups is 1. The number of aromatic nitrogens is 1. The first kappa shape index (κ1) is 22.2. The van der Waals surface area contributed by atoms with Crippen LogP contribution in [0, 0.1) is 5.92 Å². The standard InChI is InChI=1S/C26H30N2O4S/c1-30-11-6-10-28(26(29)18-7-3-2-4-8-18)16-20-13-19-14-22-23(32-17-31-22)15-21(19)27-25(20)24-9-5-12-33-24/h5,9,12-15,18H,2-4,6-8,10-11,16-17H2,1H3. The molecule has 1 fully saturated rings. The van der Waals surface area contributed by atoms with Gasteiger partial charge in [-0.3, -0.25) is 4.79 Å². The lowest BCUT2D eigenvalue weighted by atomic mass is 9.88. The third-order valence-corrected chi connectivity index (χ3v) is 7.42. The maximum atomic E-state index is 13.5. The molecule has 7 heteroatoms. The second-order valence-electron chi connectivity index (χ2n) is 8.81. The van der Waals surface area contributed by atoms with Crippen LogP contribution in [0.4, 0.5) is 0 Å². The Morgan fingerprint density at radius 3 is 2.76 bits per heavy atom. The number of thiophene rings is 1. The van der Waals surface area contributed by atoms with Gasteiger partial charge in [0.15, 0.2) is 11.5 Å². The number of rotatable bonds is 8. The van der Waals surface area contributed by atoms with Gasteiger partial charge in [0.1, 0.15) is 0 Å². The fourth-order valence-electron chi connectivity index (χ4n) is 4.84. The summed E-state index contributed by atoms with van der Waals surface area (Å²) in [6.45, 7) is 2.11. The van der Waals surface area contributed by atoms with E-state index >= 15 is 0 Å². The lowest BCUT2D eigenvalue weighted by Crippen LogP contribution is -2.37. The molecule has 2 aromatic heterocycles. The monoisotopic (exact) mass is 466 g/mol. The van der Waals surface area contributed by atoms with Crippen LogP contribution in [-0.2, 0) is 16.1 Å². The zero-order chi connectivity index (χ0) is 22.6. The van der Waals surface area contributed by atoms with Crippen molar-refractivity contribution in [1.29, 1.82) is 0 Å². The second-order valence-corrected chi connectivity index (χ2v) is 9.76. The molecule has 3 aromatic rings. The van der Waals surface area contributed by atoms with Crippen molar-refractivity contribution in [2.45, 2.75) is 45.1 Å². The predicted molar refractivity (Wildman–Crippen MR) is 130 cm³/mol. The summed E-state index contributed by atoms with van der Waals surface area (Å²) in [6.07, 6.45) is 6.35. The van der Waals surface area contributed by atoms with Crippen molar-refractivity contribution < 1.29 is 19.0 Å². The molecule has 0 N–H and O–H groups in total. The molecule has 0 radical (unpaired) electrons. The number of carbonyl (C=O) groups excluding carboxylic acids is 1. The summed E-state index contributed by atoms with van der Waals surface area (Å²) in [6, 6.07) is 10.2. The fourth-order valence-corrected chi connectivity index (χ4v) is 5.58. The summed E-state index contributed by atoms with van der Waals surface area (Å²) in [5.41, 5.74) is 2.87. The first-order valence-electron chi connectivity index (χ1n) is 11.8. The highest BCUT2D eigenvalue weighted by Crippen LogP contribution is 2.38. The van der Waals surface area contributed by atoms with Crippen molar-refractivity contribution in [2.75, 3.05) is 27.1 Å². The second kappa shape index (κ2) is 10.1. The number of nitrogens with zero attached hydrogens (tertiary/aromatic N) is 2. The lowest BCUT2D eigenvalue weighted by Gasteiger charge is -2.30. The highest BCUT2D eigenvalue weighted by Gasteiger charge is 2.27. The Kier molecular flexibility index (Phi) is 6.78. The third kappa shape index (κ3) is 4.84. The highest BCUT2D eigenvalue weighted by molar-refractivity contribution is 7.13. The molecular formula is C26H30N2O4S. The van der Waals surface area contributed by atoms with Crippen LogP contribution in [0.25, 0.3) is 21.5 Å². The Balaban J connectivity index is 1.51. The molecule has 3 heterocycles. The van der Waals surface area contributed by atoms with Gasteiger partial charge in [0.25, 0.3) is 0 Å². The van der Waals surface area contributed by atoms with Gasteiger partial charge in [0.05, 0.1) is 16.1 Å². The van der Waals surface area contributed by atoms with Gasteiger partial charge in [-0.2, -0.15) is 0 Å². The first-order chi connectivity index (χ1) is 16.2. The fraction of sp³-hybridized carbons (Fsp3) is 0.462. The summed E-state index contributed by atoms with van der Waals surface area (Å²) >= 11 is 1.67. The van der Waals surface area contributed by atoms with Crippen molar-refractivity contribution in [3.8, 4) is 22.1 Å². The van der Waals surface area contributed by atoms with Crippen LogP contribution in [0.2, 0.25) is 0 Å². The molecule has 0 spiro atoms. The van der Waals surface area contributed by atoms with Gasteiger partial charge >= 0.3 is 0 Å². The number of benzene rings is 1. The molecule has 0 bridgehead atoms. The average Bonchev–Trinajstić information content (AvgIpc) is 3.54. The Bertz CT molecular complexity index is 1110. The number of fused-ring (bicyclic) bond motifs is 2. The molecule has 2 aliphatic rings. The number of ether oxygens (including phenoxy) is 3. The Morgan fingerprint density at radius 2 is 2.00 bits per heavy atom. The van der Waals surface area contributed by atoms with Crippen molar-refractivity contribution in [1.82, 2.24) is 9.88 Å². The van der Waals surface area contributed by atoms with Gasteiger partial charge in [-0.25, -0.2) is 4.98 Å². The molecule has 1 amide bonds. The molecule has 1 aromatic carbocycles. The van der Waals surface area contributed by atoms with E-state index in [4.69, 9.17) is 19.2 Å². The molecule has 0 atom stereocenters. The van der Waals surface area contributed by atoms with Gasteiger partial charge in [-0.15, -0.1) is 11.3 Å². The summed E-state index contributed by atoms with van der Waals surface area (Å²) in [4.78, 5) is 21.7. The largest absolute Gasteiger partial charge is 0.454 e. The number of amides is 1. The normalized spacial score (nSPS) is 15.8. The molecule has 0 unspecified atom stereocenters. The minimum absolute atomic E-state index is 0.133. The summed E-state index contributed by atoms with van der Waals surface area (Å²) in [7, 11) is 1.71. The molecular weight excluding hydrogens is 436 g/mol. The van der Waals surface area contributed by atoms with Crippen LogP contribution in [0.15, 0.2) is 35.7 Å². The van der Waals surface area contributed by atoms with Crippen molar-refractivity contribution in [3.63, 3.8) is 0 Å². The topological polar surface area (TPSA) is 60.9 Å².